The molecular formula is C13H13N7. The average Bonchev–Trinajstić information content (AvgIpc) is 3.01. The van der Waals surface area contributed by atoms with Gasteiger partial charge in [-0.1, -0.05) is 0 Å². The Labute approximate surface area is 115 Å². The van der Waals surface area contributed by atoms with E-state index in [9.17, 15) is 0 Å². The van der Waals surface area contributed by atoms with Crippen molar-refractivity contribution in [3.63, 3.8) is 0 Å². The van der Waals surface area contributed by atoms with E-state index in [2.05, 4.69) is 30.4 Å². The predicted octanol–water partition coefficient (Wildman–Crippen LogP) is 1.47. The van der Waals surface area contributed by atoms with Crippen molar-refractivity contribution in [2.45, 2.75) is 6.92 Å². The van der Waals surface area contributed by atoms with Gasteiger partial charge in [0.25, 0.3) is 5.95 Å². The molecule has 7 nitrogen and oxygen atoms in total. The van der Waals surface area contributed by atoms with Crippen molar-refractivity contribution in [3.8, 4) is 17.3 Å². The van der Waals surface area contributed by atoms with Crippen LogP contribution in [0.1, 0.15) is 5.56 Å². The quantitative estimate of drug-likeness (QED) is 0.774. The molecule has 3 aromatic rings. The summed E-state index contributed by atoms with van der Waals surface area (Å²) in [6, 6.07) is 3.71. The average molecular weight is 267 g/mol. The smallest absolute Gasteiger partial charge is 0.255 e. The maximum atomic E-state index is 4.47. The summed E-state index contributed by atoms with van der Waals surface area (Å²) in [4.78, 5) is 17.2. The third kappa shape index (κ3) is 2.20. The molecule has 0 aliphatic carbocycles. The fourth-order valence-corrected chi connectivity index (χ4v) is 1.81. The minimum Gasteiger partial charge on any atom is -0.357 e. The fraction of sp³-hybridized carbons (Fsp3) is 0.154. The molecule has 0 fully saturated rings. The molecule has 0 saturated carbocycles. The summed E-state index contributed by atoms with van der Waals surface area (Å²) >= 11 is 0. The molecule has 3 aromatic heterocycles. The number of hydrogen-bond donors (Lipinski definition) is 1. The van der Waals surface area contributed by atoms with Gasteiger partial charge in [0.1, 0.15) is 0 Å². The molecule has 3 rings (SSSR count). The Bertz CT molecular complexity index is 721. The Kier molecular flexibility index (Phi) is 3.08. The van der Waals surface area contributed by atoms with Crippen LogP contribution in [0.25, 0.3) is 17.3 Å². The van der Waals surface area contributed by atoms with Gasteiger partial charge >= 0.3 is 0 Å². The van der Waals surface area contributed by atoms with Crippen LogP contribution in [0.15, 0.2) is 36.9 Å². The molecule has 0 atom stereocenters. The Balaban J connectivity index is 2.17. The van der Waals surface area contributed by atoms with E-state index in [1.54, 1.807) is 36.5 Å². The summed E-state index contributed by atoms with van der Waals surface area (Å²) in [5.74, 6) is 1.56. The highest BCUT2D eigenvalue weighted by Gasteiger charge is 2.11. The second kappa shape index (κ2) is 5.04. The van der Waals surface area contributed by atoms with Crippen molar-refractivity contribution in [1.29, 1.82) is 0 Å². The van der Waals surface area contributed by atoms with Crippen molar-refractivity contribution in [2.75, 3.05) is 12.4 Å². The van der Waals surface area contributed by atoms with Crippen LogP contribution >= 0.6 is 0 Å². The van der Waals surface area contributed by atoms with E-state index < -0.39 is 0 Å². The number of pyridine rings is 1. The molecule has 0 radical (unpaired) electrons. The van der Waals surface area contributed by atoms with Crippen molar-refractivity contribution < 1.29 is 0 Å². The molecule has 0 aliphatic rings. The number of hydrogen-bond acceptors (Lipinski definition) is 6. The van der Waals surface area contributed by atoms with Gasteiger partial charge in [-0.25, -0.2) is 4.68 Å². The Morgan fingerprint density at radius 3 is 2.75 bits per heavy atom. The van der Waals surface area contributed by atoms with E-state index in [-0.39, 0.29) is 0 Å². The van der Waals surface area contributed by atoms with E-state index in [4.69, 9.17) is 0 Å². The lowest BCUT2D eigenvalue weighted by atomic mass is 10.1. The topological polar surface area (TPSA) is 81.4 Å². The van der Waals surface area contributed by atoms with Crippen LogP contribution in [0.4, 0.5) is 5.95 Å². The summed E-state index contributed by atoms with van der Waals surface area (Å²) in [7, 11) is 1.77. The monoisotopic (exact) mass is 267 g/mol. The first-order valence-corrected chi connectivity index (χ1v) is 6.13. The molecule has 0 spiro atoms. The van der Waals surface area contributed by atoms with E-state index in [1.807, 2.05) is 19.1 Å². The number of aryl methyl sites for hydroxylation is 1. The molecule has 100 valence electrons. The van der Waals surface area contributed by atoms with Crippen LogP contribution in [-0.2, 0) is 0 Å². The summed E-state index contributed by atoms with van der Waals surface area (Å²) in [6.45, 7) is 1.97. The molecule has 20 heavy (non-hydrogen) atoms. The van der Waals surface area contributed by atoms with Gasteiger partial charge in [0.05, 0.1) is 0 Å². The van der Waals surface area contributed by atoms with E-state index in [0.717, 1.165) is 11.1 Å². The minimum atomic E-state index is 0.473. The summed E-state index contributed by atoms with van der Waals surface area (Å²) in [6.07, 6.45) is 6.97. The number of rotatable bonds is 3. The zero-order chi connectivity index (χ0) is 13.9. The van der Waals surface area contributed by atoms with Gasteiger partial charge in [-0.05, 0) is 24.6 Å². The van der Waals surface area contributed by atoms with E-state index >= 15 is 0 Å². The summed E-state index contributed by atoms with van der Waals surface area (Å²) < 4.78 is 1.60. The molecule has 0 amide bonds. The third-order valence-corrected chi connectivity index (χ3v) is 2.82. The van der Waals surface area contributed by atoms with Crippen molar-refractivity contribution in [3.05, 3.63) is 42.5 Å². The van der Waals surface area contributed by atoms with Gasteiger partial charge in [-0.15, -0.1) is 0 Å². The molecule has 7 heteroatoms. The maximum absolute atomic E-state index is 4.47. The molecule has 0 aliphatic heterocycles. The first-order chi connectivity index (χ1) is 9.78. The van der Waals surface area contributed by atoms with E-state index in [1.165, 1.54) is 0 Å². The Morgan fingerprint density at radius 1 is 1.15 bits per heavy atom. The third-order valence-electron chi connectivity index (χ3n) is 2.82. The number of aromatic nitrogens is 6. The largest absolute Gasteiger partial charge is 0.357 e. The lowest BCUT2D eigenvalue weighted by Crippen LogP contribution is -2.08. The molecule has 0 saturated heterocycles. The van der Waals surface area contributed by atoms with E-state index in [0.29, 0.717) is 17.7 Å². The summed E-state index contributed by atoms with van der Waals surface area (Å²) in [5.41, 5.74) is 1.93. The predicted molar refractivity (Wildman–Crippen MR) is 74.5 cm³/mol. The summed E-state index contributed by atoms with van der Waals surface area (Å²) in [5, 5.41) is 7.08. The lowest BCUT2D eigenvalue weighted by Gasteiger charge is -2.08. The Morgan fingerprint density at radius 2 is 2.05 bits per heavy atom. The highest BCUT2D eigenvalue weighted by molar-refractivity contribution is 5.60. The van der Waals surface area contributed by atoms with Crippen molar-refractivity contribution in [2.24, 2.45) is 0 Å². The van der Waals surface area contributed by atoms with Crippen molar-refractivity contribution >= 4 is 5.95 Å². The molecular weight excluding hydrogens is 254 g/mol. The fourth-order valence-electron chi connectivity index (χ4n) is 1.81. The number of anilines is 1. The van der Waals surface area contributed by atoms with Crippen LogP contribution in [0.5, 0.6) is 0 Å². The highest BCUT2D eigenvalue weighted by Crippen LogP contribution is 2.20. The lowest BCUT2D eigenvalue weighted by molar-refractivity contribution is 0.799. The van der Waals surface area contributed by atoms with Gasteiger partial charge in [0, 0.05) is 37.4 Å². The number of nitrogens with one attached hydrogen (secondary N) is 1. The zero-order valence-corrected chi connectivity index (χ0v) is 11.1. The van der Waals surface area contributed by atoms with Gasteiger partial charge in [0.15, 0.2) is 5.82 Å². The normalized spacial score (nSPS) is 10.5. The van der Waals surface area contributed by atoms with Gasteiger partial charge in [0.2, 0.25) is 5.95 Å². The van der Waals surface area contributed by atoms with Crippen LogP contribution < -0.4 is 5.32 Å². The van der Waals surface area contributed by atoms with Gasteiger partial charge in [-0.3, -0.25) is 4.98 Å². The zero-order valence-electron chi connectivity index (χ0n) is 11.1. The van der Waals surface area contributed by atoms with Crippen LogP contribution in [0.3, 0.4) is 0 Å². The Hall–Kier alpha value is -2.83. The van der Waals surface area contributed by atoms with Crippen LogP contribution in [0, 0.1) is 6.92 Å². The molecule has 1 N–H and O–H groups in total. The molecule has 0 aromatic carbocycles. The standard InChI is InChI=1S/C13H13N7/c1-9-8-15-6-4-10(9)11-17-12(14-2)19-13(18-11)20-7-3-5-16-20/h3-8H,1-2H3,(H,14,17,18,19). The van der Waals surface area contributed by atoms with Crippen LogP contribution in [-0.4, -0.2) is 36.8 Å². The first kappa shape index (κ1) is 12.2. The SMILES string of the molecule is CNc1nc(-c2ccncc2C)nc(-n2cccn2)n1. The second-order valence-corrected chi connectivity index (χ2v) is 4.17. The van der Waals surface area contributed by atoms with Crippen molar-refractivity contribution in [1.82, 2.24) is 29.7 Å². The van der Waals surface area contributed by atoms with Gasteiger partial charge < -0.3 is 5.32 Å². The van der Waals surface area contributed by atoms with Gasteiger partial charge in [-0.2, -0.15) is 20.1 Å². The second-order valence-electron chi connectivity index (χ2n) is 4.17. The molecule has 0 unspecified atom stereocenters. The van der Waals surface area contributed by atoms with Crippen LogP contribution in [0.2, 0.25) is 0 Å². The number of nitrogens with zero attached hydrogens (tertiary/aromatic N) is 6. The highest BCUT2D eigenvalue weighted by atomic mass is 15.4. The molecule has 0 bridgehead atoms. The molecule has 3 heterocycles. The maximum Gasteiger partial charge on any atom is 0.255 e. The minimum absolute atomic E-state index is 0.473. The first-order valence-electron chi connectivity index (χ1n) is 6.13.